The lowest BCUT2D eigenvalue weighted by molar-refractivity contribution is -0.323. The summed E-state index contributed by atoms with van der Waals surface area (Å²) in [7, 11) is 0. The van der Waals surface area contributed by atoms with Crippen molar-refractivity contribution in [1.29, 1.82) is 0 Å². The Labute approximate surface area is 286 Å². The molecule has 0 amide bonds. The summed E-state index contributed by atoms with van der Waals surface area (Å²) in [5.74, 6) is 0. The Morgan fingerprint density at radius 1 is 0.449 bits per heavy atom. The second-order valence-electron chi connectivity index (χ2n) is 12.2. The number of hydrogen-bond donors (Lipinski definition) is 3. The highest BCUT2D eigenvalue weighted by Crippen LogP contribution is 2.32. The summed E-state index contributed by atoms with van der Waals surface area (Å²) >= 11 is 0. The SMILES string of the molecule is OC[C@H]1O[C@@H](OC[C@H]2O[C@H](O)[C@H](OCc3ccccc3)[C@@H](OCc3ccccc3)[C@@H]2OCc2ccccc2)[C@@H](OCc2ccccc2)[C@@H]1O. The molecular formula is C39H44O10. The average molecular weight is 673 g/mol. The van der Waals surface area contributed by atoms with Crippen molar-refractivity contribution in [3.8, 4) is 0 Å². The molecule has 0 aliphatic carbocycles. The molecule has 260 valence electrons. The molecule has 4 aromatic rings. The van der Waals surface area contributed by atoms with Crippen molar-refractivity contribution in [3.05, 3.63) is 144 Å². The van der Waals surface area contributed by atoms with Crippen molar-refractivity contribution < 1.29 is 48.5 Å². The summed E-state index contributed by atoms with van der Waals surface area (Å²) in [6.07, 6.45) is -8.56. The van der Waals surface area contributed by atoms with Gasteiger partial charge in [0.1, 0.15) is 42.7 Å². The molecule has 0 saturated carbocycles. The third kappa shape index (κ3) is 9.59. The summed E-state index contributed by atoms with van der Waals surface area (Å²) in [5, 5.41) is 32.2. The fraction of sp³-hybridized carbons (Fsp3) is 0.385. The van der Waals surface area contributed by atoms with E-state index in [9.17, 15) is 15.3 Å². The van der Waals surface area contributed by atoms with Crippen LogP contribution in [0, 0.1) is 0 Å². The summed E-state index contributed by atoms with van der Waals surface area (Å²) in [6.45, 7) is 0.402. The number of rotatable bonds is 16. The fourth-order valence-corrected chi connectivity index (χ4v) is 6.02. The van der Waals surface area contributed by atoms with Crippen LogP contribution < -0.4 is 0 Å². The topological polar surface area (TPSA) is 125 Å². The van der Waals surface area contributed by atoms with Gasteiger partial charge in [-0.2, -0.15) is 0 Å². The smallest absolute Gasteiger partial charge is 0.187 e. The summed E-state index contributed by atoms with van der Waals surface area (Å²) in [5.41, 5.74) is 3.73. The van der Waals surface area contributed by atoms with Crippen molar-refractivity contribution in [2.45, 2.75) is 81.7 Å². The van der Waals surface area contributed by atoms with E-state index in [0.717, 1.165) is 22.3 Å². The van der Waals surface area contributed by atoms with Gasteiger partial charge >= 0.3 is 0 Å². The van der Waals surface area contributed by atoms with E-state index in [1.54, 1.807) is 0 Å². The molecule has 0 bridgehead atoms. The van der Waals surface area contributed by atoms with Crippen LogP contribution in [0.4, 0.5) is 0 Å². The first-order valence-corrected chi connectivity index (χ1v) is 16.6. The predicted molar refractivity (Wildman–Crippen MR) is 179 cm³/mol. The zero-order valence-corrected chi connectivity index (χ0v) is 27.2. The van der Waals surface area contributed by atoms with Gasteiger partial charge in [-0.1, -0.05) is 121 Å². The molecule has 10 heteroatoms. The van der Waals surface area contributed by atoms with E-state index in [1.165, 1.54) is 0 Å². The average Bonchev–Trinajstić information content (AvgIpc) is 3.46. The van der Waals surface area contributed by atoms with Crippen LogP contribution in [0.3, 0.4) is 0 Å². The Morgan fingerprint density at radius 2 is 0.857 bits per heavy atom. The van der Waals surface area contributed by atoms with Crippen molar-refractivity contribution in [3.63, 3.8) is 0 Å². The molecule has 0 aromatic heterocycles. The van der Waals surface area contributed by atoms with Crippen molar-refractivity contribution in [2.24, 2.45) is 0 Å². The van der Waals surface area contributed by atoms with E-state index < -0.39 is 61.9 Å². The zero-order valence-electron chi connectivity index (χ0n) is 27.2. The predicted octanol–water partition coefficient (Wildman–Crippen LogP) is 4.14. The number of aliphatic hydroxyl groups excluding tert-OH is 3. The third-order valence-electron chi connectivity index (χ3n) is 8.65. The molecule has 10 nitrogen and oxygen atoms in total. The van der Waals surface area contributed by atoms with Gasteiger partial charge < -0.3 is 48.5 Å². The standard InChI is InChI=1S/C39H44O10/c40-21-31-33(41)35(44-23-28-15-7-2-8-16-28)39(49-31)47-26-32-34(43-22-27-13-5-1-6-14-27)36(45-24-29-17-9-3-10-18-29)37(38(42)48-32)46-25-30-19-11-4-12-20-30/h1-20,31-42H,21-26H2/t31-,32-,33-,34-,35+,36+,37-,38+,39-/m1/s1. The Balaban J connectivity index is 1.22. The molecule has 2 heterocycles. The number of ether oxygens (including phenoxy) is 7. The fourth-order valence-electron chi connectivity index (χ4n) is 6.02. The maximum absolute atomic E-state index is 11.4. The van der Waals surface area contributed by atoms with E-state index in [1.807, 2.05) is 121 Å². The minimum Gasteiger partial charge on any atom is -0.394 e. The van der Waals surface area contributed by atoms with E-state index in [2.05, 4.69) is 0 Å². The number of benzene rings is 4. The summed E-state index contributed by atoms with van der Waals surface area (Å²) in [6, 6.07) is 38.7. The molecule has 49 heavy (non-hydrogen) atoms. The molecule has 4 aromatic carbocycles. The number of aliphatic hydroxyl groups is 3. The first-order chi connectivity index (χ1) is 24.1. The van der Waals surface area contributed by atoms with Gasteiger partial charge in [0.05, 0.1) is 39.6 Å². The van der Waals surface area contributed by atoms with Gasteiger partial charge in [-0.05, 0) is 22.3 Å². The van der Waals surface area contributed by atoms with E-state index in [0.29, 0.717) is 0 Å². The van der Waals surface area contributed by atoms with Gasteiger partial charge in [-0.25, -0.2) is 0 Å². The lowest BCUT2D eigenvalue weighted by Gasteiger charge is -2.44. The lowest BCUT2D eigenvalue weighted by Crippen LogP contribution is -2.61. The molecule has 2 aliphatic heterocycles. The lowest BCUT2D eigenvalue weighted by atomic mass is 9.98. The Kier molecular flexibility index (Phi) is 12.9. The largest absolute Gasteiger partial charge is 0.394 e. The molecule has 6 rings (SSSR count). The monoisotopic (exact) mass is 672 g/mol. The first-order valence-electron chi connectivity index (χ1n) is 16.6. The summed E-state index contributed by atoms with van der Waals surface area (Å²) < 4.78 is 43.7. The van der Waals surface area contributed by atoms with Gasteiger partial charge in [0.2, 0.25) is 0 Å². The van der Waals surface area contributed by atoms with Crippen LogP contribution in [-0.4, -0.2) is 83.8 Å². The Bertz CT molecular complexity index is 1500. The highest BCUT2D eigenvalue weighted by molar-refractivity contribution is 5.16. The minimum atomic E-state index is -1.37. The van der Waals surface area contributed by atoms with Crippen molar-refractivity contribution in [1.82, 2.24) is 0 Å². The quantitative estimate of drug-likeness (QED) is 0.160. The van der Waals surface area contributed by atoms with Gasteiger partial charge in [0.25, 0.3) is 0 Å². The van der Waals surface area contributed by atoms with Crippen molar-refractivity contribution >= 4 is 0 Å². The van der Waals surface area contributed by atoms with Gasteiger partial charge in [0, 0.05) is 0 Å². The van der Waals surface area contributed by atoms with E-state index in [4.69, 9.17) is 33.2 Å². The maximum atomic E-state index is 11.4. The molecular weight excluding hydrogens is 628 g/mol. The van der Waals surface area contributed by atoms with Crippen LogP contribution >= 0.6 is 0 Å². The number of hydrogen-bond acceptors (Lipinski definition) is 10. The summed E-state index contributed by atoms with van der Waals surface area (Å²) in [4.78, 5) is 0. The maximum Gasteiger partial charge on any atom is 0.187 e. The molecule has 3 N–H and O–H groups in total. The van der Waals surface area contributed by atoms with Crippen LogP contribution in [0.5, 0.6) is 0 Å². The van der Waals surface area contributed by atoms with Gasteiger partial charge in [0.15, 0.2) is 12.6 Å². The van der Waals surface area contributed by atoms with Crippen molar-refractivity contribution in [2.75, 3.05) is 13.2 Å². The molecule has 0 spiro atoms. The second kappa shape index (κ2) is 17.9. The molecule has 2 fully saturated rings. The molecule has 0 unspecified atom stereocenters. The van der Waals surface area contributed by atoms with E-state index in [-0.39, 0.29) is 33.0 Å². The van der Waals surface area contributed by atoms with Crippen LogP contribution in [0.1, 0.15) is 22.3 Å². The van der Waals surface area contributed by atoms with Crippen LogP contribution in [0.15, 0.2) is 121 Å². The van der Waals surface area contributed by atoms with Crippen LogP contribution in [0.2, 0.25) is 0 Å². The molecule has 2 aliphatic rings. The molecule has 9 atom stereocenters. The second-order valence-corrected chi connectivity index (χ2v) is 12.2. The highest BCUT2D eigenvalue weighted by atomic mass is 16.7. The Hall–Kier alpha value is -3.52. The zero-order chi connectivity index (χ0) is 33.8. The van der Waals surface area contributed by atoms with Gasteiger partial charge in [-0.15, -0.1) is 0 Å². The third-order valence-corrected chi connectivity index (χ3v) is 8.65. The van der Waals surface area contributed by atoms with Crippen LogP contribution in [0.25, 0.3) is 0 Å². The minimum absolute atomic E-state index is 0.103. The highest BCUT2D eigenvalue weighted by Gasteiger charge is 2.50. The normalized spacial score (nSPS) is 28.4. The van der Waals surface area contributed by atoms with Crippen LogP contribution in [-0.2, 0) is 59.6 Å². The van der Waals surface area contributed by atoms with Gasteiger partial charge in [-0.3, -0.25) is 0 Å². The molecule has 0 radical (unpaired) electrons. The Morgan fingerprint density at radius 3 is 1.31 bits per heavy atom. The molecule has 2 saturated heterocycles. The first kappa shape index (κ1) is 35.3. The van der Waals surface area contributed by atoms with E-state index >= 15 is 0 Å².